The quantitative estimate of drug-likeness (QED) is 0.722. The van der Waals surface area contributed by atoms with E-state index >= 15 is 0 Å². The van der Waals surface area contributed by atoms with Gasteiger partial charge in [-0.3, -0.25) is 9.48 Å². The first-order valence-corrected chi connectivity index (χ1v) is 9.93. The predicted molar refractivity (Wildman–Crippen MR) is 102 cm³/mol. The SMILES string of the molecule is CC(C)(C)CC1CCC(C(=O)CCc2cn(CC(C)(C)C)nn2)CC1. The average molecular weight is 348 g/mol. The largest absolute Gasteiger partial charge is 0.299 e. The molecule has 0 unspecified atom stereocenters. The molecule has 0 spiro atoms. The first-order valence-electron chi connectivity index (χ1n) is 9.93. The normalized spacial score (nSPS) is 22.2. The molecule has 1 aliphatic rings. The van der Waals surface area contributed by atoms with Gasteiger partial charge in [0, 0.05) is 31.5 Å². The second kappa shape index (κ2) is 8.01. The Bertz CT molecular complexity index is 554. The minimum absolute atomic E-state index is 0.187. The molecule has 1 aromatic rings. The van der Waals surface area contributed by atoms with Crippen LogP contribution >= 0.6 is 0 Å². The van der Waals surface area contributed by atoms with E-state index in [1.54, 1.807) is 0 Å². The molecule has 0 bridgehead atoms. The smallest absolute Gasteiger partial charge is 0.136 e. The molecule has 2 rings (SSSR count). The maximum Gasteiger partial charge on any atom is 0.136 e. The van der Waals surface area contributed by atoms with Crippen molar-refractivity contribution >= 4 is 5.78 Å². The summed E-state index contributed by atoms with van der Waals surface area (Å²) in [6.45, 7) is 14.4. The lowest BCUT2D eigenvalue weighted by molar-refractivity contribution is -0.124. The van der Waals surface area contributed by atoms with Crippen molar-refractivity contribution in [1.29, 1.82) is 0 Å². The molecule has 1 fully saturated rings. The fourth-order valence-electron chi connectivity index (χ4n) is 4.03. The van der Waals surface area contributed by atoms with Crippen LogP contribution in [0, 0.1) is 22.7 Å². The molecular weight excluding hydrogens is 310 g/mol. The van der Waals surface area contributed by atoms with Gasteiger partial charge in [0.05, 0.1) is 5.69 Å². The Morgan fingerprint density at radius 2 is 1.72 bits per heavy atom. The van der Waals surface area contributed by atoms with E-state index in [0.717, 1.165) is 37.4 Å². The van der Waals surface area contributed by atoms with Crippen LogP contribution in [0.4, 0.5) is 0 Å². The zero-order chi connectivity index (χ0) is 18.7. The molecule has 0 atom stereocenters. The number of aromatic nitrogens is 3. The van der Waals surface area contributed by atoms with Crippen molar-refractivity contribution in [3.8, 4) is 0 Å². The zero-order valence-corrected chi connectivity index (χ0v) is 17.1. The Kier molecular flexibility index (Phi) is 6.45. The third kappa shape index (κ3) is 7.29. The van der Waals surface area contributed by atoms with E-state index in [-0.39, 0.29) is 11.3 Å². The number of hydrogen-bond donors (Lipinski definition) is 0. The highest BCUT2D eigenvalue weighted by Gasteiger charge is 2.28. The lowest BCUT2D eigenvalue weighted by atomic mass is 9.73. The Morgan fingerprint density at radius 3 is 2.28 bits per heavy atom. The molecule has 4 nitrogen and oxygen atoms in total. The summed E-state index contributed by atoms with van der Waals surface area (Å²) < 4.78 is 1.90. The summed E-state index contributed by atoms with van der Waals surface area (Å²) in [5.41, 5.74) is 1.53. The average Bonchev–Trinajstić information content (AvgIpc) is 2.89. The summed E-state index contributed by atoms with van der Waals surface area (Å²) >= 11 is 0. The second-order valence-electron chi connectivity index (χ2n) is 10.4. The topological polar surface area (TPSA) is 47.8 Å². The molecule has 0 aliphatic heterocycles. The Hall–Kier alpha value is -1.19. The Morgan fingerprint density at radius 1 is 1.08 bits per heavy atom. The van der Waals surface area contributed by atoms with Crippen LogP contribution < -0.4 is 0 Å². The molecular formula is C21H37N3O. The van der Waals surface area contributed by atoms with E-state index in [4.69, 9.17) is 0 Å². The van der Waals surface area contributed by atoms with Crippen LogP contribution in [0.3, 0.4) is 0 Å². The molecule has 1 aromatic heterocycles. The van der Waals surface area contributed by atoms with E-state index in [0.29, 0.717) is 17.6 Å². The van der Waals surface area contributed by atoms with Crippen molar-refractivity contribution in [1.82, 2.24) is 15.0 Å². The number of Topliss-reactive ketones (excluding diaryl/α,β-unsaturated/α-hetero) is 1. The van der Waals surface area contributed by atoms with Gasteiger partial charge >= 0.3 is 0 Å². The monoisotopic (exact) mass is 347 g/mol. The van der Waals surface area contributed by atoms with E-state index in [1.807, 2.05) is 10.9 Å². The van der Waals surface area contributed by atoms with Gasteiger partial charge in [-0.15, -0.1) is 5.10 Å². The van der Waals surface area contributed by atoms with Crippen LogP contribution in [0.1, 0.15) is 85.8 Å². The highest BCUT2D eigenvalue weighted by Crippen LogP contribution is 2.37. The number of rotatable bonds is 6. The van der Waals surface area contributed by atoms with Gasteiger partial charge in [-0.05, 0) is 48.9 Å². The summed E-state index contributed by atoms with van der Waals surface area (Å²) in [6, 6.07) is 0. The van der Waals surface area contributed by atoms with Crippen LogP contribution in [-0.4, -0.2) is 20.8 Å². The predicted octanol–water partition coefficient (Wildman–Crippen LogP) is 5.07. The van der Waals surface area contributed by atoms with Gasteiger partial charge in [-0.1, -0.05) is 46.8 Å². The van der Waals surface area contributed by atoms with E-state index in [1.165, 1.54) is 19.3 Å². The van der Waals surface area contributed by atoms with Crippen LogP contribution in [-0.2, 0) is 17.8 Å². The van der Waals surface area contributed by atoms with Gasteiger partial charge in [0.2, 0.25) is 0 Å². The molecule has 0 N–H and O–H groups in total. The zero-order valence-electron chi connectivity index (χ0n) is 17.1. The van der Waals surface area contributed by atoms with Crippen LogP contribution in [0.5, 0.6) is 0 Å². The molecule has 1 aliphatic carbocycles. The van der Waals surface area contributed by atoms with Crippen molar-refractivity contribution in [2.24, 2.45) is 22.7 Å². The molecule has 0 radical (unpaired) electrons. The van der Waals surface area contributed by atoms with Crippen molar-refractivity contribution < 1.29 is 4.79 Å². The van der Waals surface area contributed by atoms with Crippen LogP contribution in [0.15, 0.2) is 6.20 Å². The fourth-order valence-corrected chi connectivity index (χ4v) is 4.03. The van der Waals surface area contributed by atoms with Gasteiger partial charge in [0.1, 0.15) is 5.78 Å². The number of ketones is 1. The number of aryl methyl sites for hydroxylation is 1. The van der Waals surface area contributed by atoms with Gasteiger partial charge in [-0.2, -0.15) is 0 Å². The Balaban J connectivity index is 1.74. The summed E-state index contributed by atoms with van der Waals surface area (Å²) in [5.74, 6) is 1.52. The first-order chi connectivity index (χ1) is 11.5. The van der Waals surface area contributed by atoms with Crippen LogP contribution in [0.2, 0.25) is 0 Å². The molecule has 0 saturated heterocycles. The molecule has 142 valence electrons. The van der Waals surface area contributed by atoms with Gasteiger partial charge in [-0.25, -0.2) is 0 Å². The highest BCUT2D eigenvalue weighted by atomic mass is 16.1. The maximum absolute atomic E-state index is 12.5. The van der Waals surface area contributed by atoms with Crippen molar-refractivity contribution in [3.05, 3.63) is 11.9 Å². The molecule has 1 saturated carbocycles. The molecule has 4 heteroatoms. The lowest BCUT2D eigenvalue weighted by Crippen LogP contribution is -2.24. The number of nitrogens with zero attached hydrogens (tertiary/aromatic N) is 3. The third-order valence-electron chi connectivity index (χ3n) is 5.05. The van der Waals surface area contributed by atoms with Crippen molar-refractivity contribution in [2.75, 3.05) is 0 Å². The second-order valence-corrected chi connectivity index (χ2v) is 10.4. The van der Waals surface area contributed by atoms with Gasteiger partial charge in [0.25, 0.3) is 0 Å². The maximum atomic E-state index is 12.5. The van der Waals surface area contributed by atoms with E-state index < -0.39 is 0 Å². The number of hydrogen-bond acceptors (Lipinski definition) is 3. The Labute approximate surface area is 153 Å². The van der Waals surface area contributed by atoms with Crippen LogP contribution in [0.25, 0.3) is 0 Å². The summed E-state index contributed by atoms with van der Waals surface area (Å²) in [6.07, 6.45) is 9.22. The molecule has 25 heavy (non-hydrogen) atoms. The molecule has 0 amide bonds. The lowest BCUT2D eigenvalue weighted by Gasteiger charge is -2.32. The number of carbonyl (C=O) groups is 1. The number of carbonyl (C=O) groups excluding carboxylic acids is 1. The van der Waals surface area contributed by atoms with Gasteiger partial charge in [0.15, 0.2) is 0 Å². The van der Waals surface area contributed by atoms with E-state index in [9.17, 15) is 4.79 Å². The highest BCUT2D eigenvalue weighted by molar-refractivity contribution is 5.81. The van der Waals surface area contributed by atoms with E-state index in [2.05, 4.69) is 51.9 Å². The standard InChI is InChI=1S/C21H37N3O/c1-20(2,3)13-16-7-9-17(10-8-16)19(25)12-11-18-14-24(23-22-18)15-21(4,5)6/h14,16-17H,7-13,15H2,1-6H3. The van der Waals surface area contributed by atoms with Crippen molar-refractivity contribution in [2.45, 2.75) is 93.0 Å². The minimum atomic E-state index is 0.187. The first kappa shape index (κ1) is 20.1. The minimum Gasteiger partial charge on any atom is -0.299 e. The molecule has 1 heterocycles. The fraction of sp³-hybridized carbons (Fsp3) is 0.857. The summed E-state index contributed by atoms with van der Waals surface area (Å²) in [7, 11) is 0. The van der Waals surface area contributed by atoms with Gasteiger partial charge < -0.3 is 0 Å². The third-order valence-corrected chi connectivity index (χ3v) is 5.05. The summed E-state index contributed by atoms with van der Waals surface area (Å²) in [5, 5.41) is 8.42. The molecule has 0 aromatic carbocycles. The van der Waals surface area contributed by atoms with Crippen molar-refractivity contribution in [3.63, 3.8) is 0 Å². The summed E-state index contributed by atoms with van der Waals surface area (Å²) in [4.78, 5) is 12.5.